The molecular weight excluding hydrogens is 306 g/mol. The van der Waals surface area contributed by atoms with Crippen molar-refractivity contribution in [2.24, 2.45) is 0 Å². The third-order valence-corrected chi connectivity index (χ3v) is 4.68. The second-order valence-corrected chi connectivity index (χ2v) is 6.28. The van der Waals surface area contributed by atoms with Gasteiger partial charge in [-0.15, -0.1) is 0 Å². The van der Waals surface area contributed by atoms with Crippen LogP contribution in [-0.2, 0) is 22.4 Å². The molecule has 1 heterocycles. The monoisotopic (exact) mass is 323 g/mol. The summed E-state index contributed by atoms with van der Waals surface area (Å²) < 4.78 is 0. The minimum absolute atomic E-state index is 0.0209. The van der Waals surface area contributed by atoms with Crippen LogP contribution < -0.4 is 5.32 Å². The van der Waals surface area contributed by atoms with E-state index in [0.29, 0.717) is 0 Å². The van der Waals surface area contributed by atoms with Gasteiger partial charge >= 0.3 is 6.03 Å². The van der Waals surface area contributed by atoms with E-state index in [0.717, 1.165) is 28.8 Å². The van der Waals surface area contributed by atoms with Crippen molar-refractivity contribution in [2.45, 2.75) is 12.8 Å². The average molecular weight is 323 g/mol. The number of carbonyl (C=O) groups excluding carboxylic acids is 3. The Morgan fingerprint density at radius 2 is 1.88 bits per heavy atom. The lowest BCUT2D eigenvalue weighted by atomic mass is 10.0. The highest BCUT2D eigenvalue weighted by atomic mass is 16.2. The van der Waals surface area contributed by atoms with E-state index in [-0.39, 0.29) is 24.9 Å². The molecule has 0 bridgehead atoms. The summed E-state index contributed by atoms with van der Waals surface area (Å²) in [4.78, 5) is 38.2. The number of urea groups is 1. The molecule has 1 fully saturated rings. The highest BCUT2D eigenvalue weighted by molar-refractivity contribution is 6.09. The van der Waals surface area contributed by atoms with Crippen LogP contribution in [0.15, 0.2) is 30.3 Å². The van der Waals surface area contributed by atoms with E-state index >= 15 is 0 Å². The third kappa shape index (κ3) is 2.22. The highest BCUT2D eigenvalue weighted by Crippen LogP contribution is 2.34. The molecule has 4 amide bonds. The van der Waals surface area contributed by atoms with Gasteiger partial charge in [-0.1, -0.05) is 24.3 Å². The van der Waals surface area contributed by atoms with Crippen LogP contribution in [0, 0.1) is 0 Å². The molecule has 1 N–H and O–H groups in total. The van der Waals surface area contributed by atoms with Crippen LogP contribution in [0.2, 0.25) is 0 Å². The molecule has 4 rings (SSSR count). The van der Waals surface area contributed by atoms with Crippen LogP contribution in [0.5, 0.6) is 0 Å². The first-order chi connectivity index (χ1) is 11.5. The van der Waals surface area contributed by atoms with E-state index in [1.165, 1.54) is 21.4 Å². The fourth-order valence-electron chi connectivity index (χ4n) is 3.51. The van der Waals surface area contributed by atoms with Crippen molar-refractivity contribution in [3.63, 3.8) is 0 Å². The predicted octanol–water partition coefficient (Wildman–Crippen LogP) is 1.77. The van der Waals surface area contributed by atoms with Gasteiger partial charge in [0, 0.05) is 18.1 Å². The van der Waals surface area contributed by atoms with Crippen LogP contribution in [0.25, 0.3) is 10.8 Å². The molecule has 1 saturated heterocycles. The van der Waals surface area contributed by atoms with Crippen LogP contribution >= 0.6 is 0 Å². The molecule has 6 nitrogen and oxygen atoms in total. The Morgan fingerprint density at radius 1 is 1.12 bits per heavy atom. The number of likely N-dealkylation sites (N-methyl/N-ethyl adjacent to an activating group) is 1. The topological polar surface area (TPSA) is 69.7 Å². The molecule has 0 atom stereocenters. The van der Waals surface area contributed by atoms with E-state index in [1.807, 2.05) is 24.3 Å². The lowest BCUT2D eigenvalue weighted by molar-refractivity contribution is -0.129. The van der Waals surface area contributed by atoms with Gasteiger partial charge in [-0.25, -0.2) is 4.79 Å². The van der Waals surface area contributed by atoms with Crippen LogP contribution in [0.1, 0.15) is 11.1 Å². The molecule has 2 aromatic carbocycles. The number of imide groups is 1. The standard InChI is InChI=1S/C18H17N3O3/c1-20-10-16(23)21(18(20)24)9-15(22)19-14-8-7-12-6-5-11-3-2-4-13(14)17(11)12/h2-4,7-8H,5-6,9-10H2,1H3,(H,19,22). The summed E-state index contributed by atoms with van der Waals surface area (Å²) in [5.74, 6) is -0.719. The van der Waals surface area contributed by atoms with Crippen molar-refractivity contribution >= 4 is 34.3 Å². The van der Waals surface area contributed by atoms with Gasteiger partial charge in [0.1, 0.15) is 13.1 Å². The van der Waals surface area contributed by atoms with E-state index in [2.05, 4.69) is 11.4 Å². The van der Waals surface area contributed by atoms with E-state index in [4.69, 9.17) is 0 Å². The Bertz CT molecular complexity index is 880. The number of nitrogens with one attached hydrogen (secondary N) is 1. The van der Waals surface area contributed by atoms with Crippen molar-refractivity contribution in [3.8, 4) is 0 Å². The van der Waals surface area contributed by atoms with Gasteiger partial charge in [-0.3, -0.25) is 14.5 Å². The van der Waals surface area contributed by atoms with Gasteiger partial charge in [0.15, 0.2) is 0 Å². The summed E-state index contributed by atoms with van der Waals surface area (Å²) in [5.41, 5.74) is 3.31. The molecule has 0 aromatic heterocycles. The quantitative estimate of drug-likeness (QED) is 0.875. The first-order valence-electron chi connectivity index (χ1n) is 7.93. The summed E-state index contributed by atoms with van der Waals surface area (Å²) in [7, 11) is 1.54. The van der Waals surface area contributed by atoms with E-state index in [9.17, 15) is 14.4 Å². The average Bonchev–Trinajstić information content (AvgIpc) is 3.08. The summed E-state index contributed by atoms with van der Waals surface area (Å²) in [6.07, 6.45) is 2.04. The van der Waals surface area contributed by atoms with E-state index < -0.39 is 6.03 Å². The molecule has 1 aliphatic heterocycles. The molecule has 2 aromatic rings. The molecule has 0 unspecified atom stereocenters. The first kappa shape index (κ1) is 14.7. The number of amides is 4. The Balaban J connectivity index is 1.58. The molecule has 1 aliphatic carbocycles. The smallest absolute Gasteiger partial charge is 0.324 e. The summed E-state index contributed by atoms with van der Waals surface area (Å²) in [6.45, 7) is -0.238. The minimum atomic E-state index is -0.435. The third-order valence-electron chi connectivity index (χ3n) is 4.68. The first-order valence-corrected chi connectivity index (χ1v) is 7.93. The van der Waals surface area contributed by atoms with Gasteiger partial charge in [0.2, 0.25) is 5.91 Å². The number of hydrogen-bond donors (Lipinski definition) is 1. The van der Waals surface area contributed by atoms with Gasteiger partial charge in [-0.2, -0.15) is 0 Å². The number of benzene rings is 2. The van der Waals surface area contributed by atoms with Gasteiger partial charge < -0.3 is 10.2 Å². The van der Waals surface area contributed by atoms with Crippen molar-refractivity contribution in [3.05, 3.63) is 41.5 Å². The largest absolute Gasteiger partial charge is 0.327 e. The Kier molecular flexibility index (Phi) is 3.26. The second kappa shape index (κ2) is 5.33. The summed E-state index contributed by atoms with van der Waals surface area (Å²) in [6, 6.07) is 9.59. The molecule has 0 saturated carbocycles. The number of rotatable bonds is 3. The molecular formula is C18H17N3O3. The molecule has 122 valence electrons. The number of anilines is 1. The van der Waals surface area contributed by atoms with Crippen LogP contribution in [-0.4, -0.2) is 47.8 Å². The van der Waals surface area contributed by atoms with Gasteiger partial charge in [0.25, 0.3) is 5.91 Å². The molecule has 0 spiro atoms. The zero-order chi connectivity index (χ0) is 16.8. The number of aryl methyl sites for hydroxylation is 2. The predicted molar refractivity (Wildman–Crippen MR) is 89.7 cm³/mol. The molecule has 0 radical (unpaired) electrons. The zero-order valence-electron chi connectivity index (χ0n) is 13.3. The second-order valence-electron chi connectivity index (χ2n) is 6.28. The highest BCUT2D eigenvalue weighted by Gasteiger charge is 2.34. The van der Waals surface area contributed by atoms with Gasteiger partial charge in [0.05, 0.1) is 0 Å². The number of hydrogen-bond acceptors (Lipinski definition) is 3. The SMILES string of the molecule is CN1CC(=O)N(CC(=O)Nc2ccc3c4c(cccc24)CC3)C1=O. The minimum Gasteiger partial charge on any atom is -0.324 e. The van der Waals surface area contributed by atoms with Crippen LogP contribution in [0.3, 0.4) is 0 Å². The molecule has 2 aliphatic rings. The maximum atomic E-state index is 12.3. The number of carbonyl (C=O) groups is 3. The lowest BCUT2D eigenvalue weighted by Gasteiger charge is -2.15. The normalized spacial score (nSPS) is 16.4. The van der Waals surface area contributed by atoms with Crippen molar-refractivity contribution in [1.82, 2.24) is 9.80 Å². The number of nitrogens with zero attached hydrogens (tertiary/aromatic N) is 2. The summed E-state index contributed by atoms with van der Waals surface area (Å²) in [5, 5.41) is 5.06. The van der Waals surface area contributed by atoms with Gasteiger partial charge in [-0.05, 0) is 35.4 Å². The van der Waals surface area contributed by atoms with Crippen molar-refractivity contribution < 1.29 is 14.4 Å². The fourth-order valence-corrected chi connectivity index (χ4v) is 3.51. The Morgan fingerprint density at radius 3 is 2.58 bits per heavy atom. The van der Waals surface area contributed by atoms with Crippen molar-refractivity contribution in [1.29, 1.82) is 0 Å². The zero-order valence-corrected chi connectivity index (χ0v) is 13.3. The fraction of sp³-hybridized carbons (Fsp3) is 0.278. The van der Waals surface area contributed by atoms with Crippen molar-refractivity contribution in [2.75, 3.05) is 25.5 Å². The summed E-state index contributed by atoms with van der Waals surface area (Å²) >= 11 is 0. The maximum absolute atomic E-state index is 12.3. The molecule has 24 heavy (non-hydrogen) atoms. The van der Waals surface area contributed by atoms with Crippen LogP contribution in [0.4, 0.5) is 10.5 Å². The Hall–Kier alpha value is -2.89. The van der Waals surface area contributed by atoms with E-state index in [1.54, 1.807) is 7.05 Å². The Labute approximate surface area is 139 Å². The lowest BCUT2D eigenvalue weighted by Crippen LogP contribution is -2.38. The maximum Gasteiger partial charge on any atom is 0.327 e. The molecule has 6 heteroatoms.